The zero-order chi connectivity index (χ0) is 34.8. The van der Waals surface area contributed by atoms with Gasteiger partial charge in [0.05, 0.1) is 0 Å². The SMILES string of the molecule is C=CCN(C(=O)C(CC(C)C)NC(=O)OC(C)(C)C)C(C(=O)NC(Cc1ccccc1)C(=O)OC(C)(C)C)c1cc(C)ccc1C. The number of rotatable bonds is 13. The summed E-state index contributed by atoms with van der Waals surface area (Å²) in [6, 6.07) is 11.9. The molecule has 0 aromatic heterocycles. The van der Waals surface area contributed by atoms with Crippen LogP contribution < -0.4 is 10.6 Å². The maximum Gasteiger partial charge on any atom is 0.408 e. The lowest BCUT2D eigenvalue weighted by molar-refractivity contribution is -0.159. The van der Waals surface area contributed by atoms with Gasteiger partial charge < -0.3 is 25.0 Å². The normalized spacial score (nSPS) is 13.6. The van der Waals surface area contributed by atoms with Gasteiger partial charge in [-0.15, -0.1) is 6.58 Å². The van der Waals surface area contributed by atoms with Gasteiger partial charge in [0.2, 0.25) is 11.8 Å². The van der Waals surface area contributed by atoms with Crippen molar-refractivity contribution in [2.45, 2.75) is 111 Å². The van der Waals surface area contributed by atoms with Gasteiger partial charge in [0.15, 0.2) is 0 Å². The van der Waals surface area contributed by atoms with Crippen molar-refractivity contribution < 1.29 is 28.7 Å². The summed E-state index contributed by atoms with van der Waals surface area (Å²) in [5, 5.41) is 5.66. The summed E-state index contributed by atoms with van der Waals surface area (Å²) >= 11 is 0. The molecule has 46 heavy (non-hydrogen) atoms. The largest absolute Gasteiger partial charge is 0.458 e. The van der Waals surface area contributed by atoms with Crippen LogP contribution in [0.25, 0.3) is 0 Å². The van der Waals surface area contributed by atoms with E-state index in [1.54, 1.807) is 47.6 Å². The fourth-order valence-corrected chi connectivity index (χ4v) is 4.98. The van der Waals surface area contributed by atoms with Crippen LogP contribution in [-0.2, 0) is 30.3 Å². The Kier molecular flexibility index (Phi) is 13.6. The van der Waals surface area contributed by atoms with Gasteiger partial charge in [-0.3, -0.25) is 9.59 Å². The van der Waals surface area contributed by atoms with Crippen molar-refractivity contribution in [2.75, 3.05) is 6.54 Å². The summed E-state index contributed by atoms with van der Waals surface area (Å²) in [4.78, 5) is 56.7. The smallest absolute Gasteiger partial charge is 0.408 e. The summed E-state index contributed by atoms with van der Waals surface area (Å²) in [5.41, 5.74) is 1.54. The third kappa shape index (κ3) is 12.3. The lowest BCUT2D eigenvalue weighted by Crippen LogP contribution is -2.55. The first kappa shape index (κ1) is 38.0. The average Bonchev–Trinajstić information content (AvgIpc) is 2.92. The van der Waals surface area contributed by atoms with Crippen molar-refractivity contribution in [1.82, 2.24) is 15.5 Å². The molecule has 0 heterocycles. The van der Waals surface area contributed by atoms with Gasteiger partial charge in [0, 0.05) is 13.0 Å². The van der Waals surface area contributed by atoms with Gasteiger partial charge in [0.25, 0.3) is 0 Å². The Labute approximate surface area is 275 Å². The number of hydrogen-bond donors (Lipinski definition) is 2. The number of nitrogens with one attached hydrogen (secondary N) is 2. The second-order valence-corrected chi connectivity index (χ2v) is 14.2. The van der Waals surface area contributed by atoms with Crippen molar-refractivity contribution in [3.05, 3.63) is 83.4 Å². The number of nitrogens with zero attached hydrogens (tertiary/aromatic N) is 1. The molecule has 9 heteroatoms. The van der Waals surface area contributed by atoms with E-state index in [1.165, 1.54) is 4.90 Å². The van der Waals surface area contributed by atoms with E-state index >= 15 is 0 Å². The summed E-state index contributed by atoms with van der Waals surface area (Å²) in [6.45, 7) is 22.1. The van der Waals surface area contributed by atoms with Gasteiger partial charge >= 0.3 is 12.1 Å². The first-order valence-corrected chi connectivity index (χ1v) is 15.9. The molecule has 9 nitrogen and oxygen atoms in total. The molecule has 0 radical (unpaired) electrons. The first-order valence-electron chi connectivity index (χ1n) is 15.9. The molecule has 0 fully saturated rings. The summed E-state index contributed by atoms with van der Waals surface area (Å²) in [5.74, 6) is -1.59. The molecule has 0 saturated heterocycles. The summed E-state index contributed by atoms with van der Waals surface area (Å²) < 4.78 is 11.2. The van der Waals surface area contributed by atoms with Crippen molar-refractivity contribution >= 4 is 23.9 Å². The van der Waals surface area contributed by atoms with Gasteiger partial charge in [-0.1, -0.05) is 74.0 Å². The first-order chi connectivity index (χ1) is 21.3. The molecule has 2 N–H and O–H groups in total. The van der Waals surface area contributed by atoms with Crippen LogP contribution in [0.5, 0.6) is 0 Å². The van der Waals surface area contributed by atoms with Gasteiger partial charge in [0.1, 0.15) is 29.3 Å². The Morgan fingerprint density at radius 1 is 0.870 bits per heavy atom. The molecule has 3 atom stereocenters. The monoisotopic (exact) mass is 635 g/mol. The van der Waals surface area contributed by atoms with Crippen LogP contribution in [-0.4, -0.2) is 58.6 Å². The van der Waals surface area contributed by atoms with Crippen molar-refractivity contribution in [2.24, 2.45) is 5.92 Å². The molecule has 252 valence electrons. The minimum absolute atomic E-state index is 0.00465. The van der Waals surface area contributed by atoms with Gasteiger partial charge in [-0.2, -0.15) is 0 Å². The molecule has 2 rings (SSSR count). The fourth-order valence-electron chi connectivity index (χ4n) is 4.98. The number of esters is 1. The Morgan fingerprint density at radius 2 is 1.48 bits per heavy atom. The molecule has 3 amide bonds. The van der Waals surface area contributed by atoms with Crippen LogP contribution in [0.1, 0.15) is 90.1 Å². The van der Waals surface area contributed by atoms with Crippen molar-refractivity contribution in [3.63, 3.8) is 0 Å². The van der Waals surface area contributed by atoms with Gasteiger partial charge in [-0.05, 0) is 84.4 Å². The van der Waals surface area contributed by atoms with Crippen LogP contribution in [0.2, 0.25) is 0 Å². The van der Waals surface area contributed by atoms with Crippen LogP contribution in [0.4, 0.5) is 4.79 Å². The van der Waals surface area contributed by atoms with E-state index in [0.29, 0.717) is 12.0 Å². The number of ether oxygens (including phenoxy) is 2. The molecular formula is C37H53N3O6. The maximum absolute atomic E-state index is 14.5. The Bertz CT molecular complexity index is 1360. The zero-order valence-corrected chi connectivity index (χ0v) is 29.2. The van der Waals surface area contributed by atoms with Gasteiger partial charge in [-0.25, -0.2) is 9.59 Å². The number of amides is 3. The third-order valence-corrected chi connectivity index (χ3v) is 6.88. The molecule has 2 aromatic rings. The molecule has 0 bridgehead atoms. The number of hydrogen-bond acceptors (Lipinski definition) is 6. The fraction of sp³-hybridized carbons (Fsp3) is 0.514. The predicted molar refractivity (Wildman–Crippen MR) is 181 cm³/mol. The van der Waals surface area contributed by atoms with Crippen molar-refractivity contribution in [3.8, 4) is 0 Å². The number of alkyl carbamates (subject to hydrolysis) is 1. The summed E-state index contributed by atoms with van der Waals surface area (Å²) in [6.07, 6.45) is 1.30. The van der Waals surface area contributed by atoms with Crippen LogP contribution >= 0.6 is 0 Å². The lowest BCUT2D eigenvalue weighted by Gasteiger charge is -2.35. The Morgan fingerprint density at radius 3 is 2.02 bits per heavy atom. The van der Waals surface area contributed by atoms with E-state index in [0.717, 1.165) is 16.7 Å². The Balaban J connectivity index is 2.64. The van der Waals surface area contributed by atoms with E-state index < -0.39 is 53.2 Å². The third-order valence-electron chi connectivity index (χ3n) is 6.88. The maximum atomic E-state index is 14.5. The highest BCUT2D eigenvalue weighted by atomic mass is 16.6. The summed E-state index contributed by atoms with van der Waals surface area (Å²) in [7, 11) is 0. The Hall–Kier alpha value is -4.14. The topological polar surface area (TPSA) is 114 Å². The number of carbonyl (C=O) groups excluding carboxylic acids is 4. The highest BCUT2D eigenvalue weighted by molar-refractivity contribution is 5.94. The molecule has 2 aromatic carbocycles. The van der Waals surface area contributed by atoms with E-state index in [-0.39, 0.29) is 18.9 Å². The number of carbonyl (C=O) groups is 4. The van der Waals surface area contributed by atoms with Crippen LogP contribution in [0.3, 0.4) is 0 Å². The van der Waals surface area contributed by atoms with E-state index in [2.05, 4.69) is 17.2 Å². The standard InChI is InChI=1S/C37H53N3O6/c1-12-20-40(33(42)29(21-24(2)3)39-35(44)46-37(9,10)11)31(28-22-25(4)18-19-26(28)5)32(41)38-30(34(43)45-36(6,7)8)23-27-16-14-13-15-17-27/h12-19,22,24,29-31H,1,20-21,23H2,2-11H3,(H,38,41)(H,39,44). The second-order valence-electron chi connectivity index (χ2n) is 14.2. The highest BCUT2D eigenvalue weighted by Gasteiger charge is 2.38. The minimum Gasteiger partial charge on any atom is -0.458 e. The van der Waals surface area contributed by atoms with Crippen LogP contribution in [0.15, 0.2) is 61.2 Å². The molecular weight excluding hydrogens is 582 g/mol. The van der Waals surface area contributed by atoms with E-state index in [9.17, 15) is 19.2 Å². The molecule has 0 aliphatic heterocycles. The van der Waals surface area contributed by atoms with Crippen molar-refractivity contribution in [1.29, 1.82) is 0 Å². The number of benzene rings is 2. The highest BCUT2D eigenvalue weighted by Crippen LogP contribution is 2.28. The quantitative estimate of drug-likeness (QED) is 0.195. The molecule has 3 unspecified atom stereocenters. The second kappa shape index (κ2) is 16.4. The minimum atomic E-state index is -1.15. The molecule has 0 saturated carbocycles. The average molecular weight is 636 g/mol. The molecule has 0 spiro atoms. The zero-order valence-electron chi connectivity index (χ0n) is 29.2. The number of aryl methyl sites for hydroxylation is 2. The van der Waals surface area contributed by atoms with Crippen LogP contribution in [0, 0.1) is 19.8 Å². The predicted octanol–water partition coefficient (Wildman–Crippen LogP) is 6.37. The lowest BCUT2D eigenvalue weighted by atomic mass is 9.94. The molecule has 0 aliphatic rings. The van der Waals surface area contributed by atoms with E-state index in [4.69, 9.17) is 9.47 Å². The van der Waals surface area contributed by atoms with E-state index in [1.807, 2.05) is 76.2 Å². The molecule has 0 aliphatic carbocycles.